The third-order valence-corrected chi connectivity index (χ3v) is 5.28. The molecule has 0 unspecified atom stereocenters. The van der Waals surface area contributed by atoms with Crippen molar-refractivity contribution in [3.05, 3.63) is 36.4 Å². The third kappa shape index (κ3) is 3.71. The third-order valence-electron chi connectivity index (χ3n) is 4.28. The molecule has 0 saturated heterocycles. The number of hydrogen-bond donors (Lipinski definition) is 0. The summed E-state index contributed by atoms with van der Waals surface area (Å²) in [5.74, 6) is 4.03. The van der Waals surface area contributed by atoms with Crippen LogP contribution in [-0.2, 0) is 12.8 Å². The smallest absolute Gasteiger partial charge is 0.248 e. The van der Waals surface area contributed by atoms with Crippen LogP contribution in [0.15, 0.2) is 44.5 Å². The summed E-state index contributed by atoms with van der Waals surface area (Å²) in [5.41, 5.74) is 0.659. The summed E-state index contributed by atoms with van der Waals surface area (Å²) in [5, 5.41) is 17.3. The number of aromatic nitrogens is 5. The van der Waals surface area contributed by atoms with Gasteiger partial charge in [-0.1, -0.05) is 11.8 Å². The van der Waals surface area contributed by atoms with Gasteiger partial charge in [-0.2, -0.15) is 0 Å². The van der Waals surface area contributed by atoms with Crippen LogP contribution >= 0.6 is 11.8 Å². The van der Waals surface area contributed by atoms with E-state index in [1.54, 1.807) is 45.8 Å². The fourth-order valence-electron chi connectivity index (χ4n) is 2.82. The van der Waals surface area contributed by atoms with Crippen LogP contribution in [0.2, 0.25) is 0 Å². The lowest BCUT2D eigenvalue weighted by atomic mass is 10.2. The second-order valence-electron chi connectivity index (χ2n) is 6.05. The zero-order valence-corrected chi connectivity index (χ0v) is 17.6. The Morgan fingerprint density at radius 2 is 1.77 bits per heavy atom. The molecule has 0 aliphatic rings. The van der Waals surface area contributed by atoms with Gasteiger partial charge in [-0.25, -0.2) is 0 Å². The van der Waals surface area contributed by atoms with Crippen LogP contribution in [0.4, 0.5) is 0 Å². The number of thioether (sulfide) groups is 1. The summed E-state index contributed by atoms with van der Waals surface area (Å²) in [6, 6.07) is 7.15. The second-order valence-corrected chi connectivity index (χ2v) is 6.99. The Balaban J connectivity index is 1.52. The van der Waals surface area contributed by atoms with Crippen LogP contribution in [0, 0.1) is 0 Å². The summed E-state index contributed by atoms with van der Waals surface area (Å²) in [6.07, 6.45) is 1.60. The first-order valence-corrected chi connectivity index (χ1v) is 9.82. The molecule has 0 aliphatic heterocycles. The van der Waals surface area contributed by atoms with Crippen molar-refractivity contribution in [1.82, 2.24) is 25.0 Å². The first kappa shape index (κ1) is 19.8. The van der Waals surface area contributed by atoms with E-state index in [9.17, 15) is 0 Å². The lowest BCUT2D eigenvalue weighted by Crippen LogP contribution is -1.95. The van der Waals surface area contributed by atoms with Crippen molar-refractivity contribution < 1.29 is 23.0 Å². The zero-order valence-electron chi connectivity index (χ0n) is 16.8. The molecule has 10 nitrogen and oxygen atoms in total. The quantitative estimate of drug-likeness (QED) is 0.386. The molecular weight excluding hydrogens is 410 g/mol. The molecule has 0 N–H and O–H groups in total. The highest BCUT2D eigenvalue weighted by Crippen LogP contribution is 2.41. The van der Waals surface area contributed by atoms with E-state index in [0.717, 1.165) is 0 Å². The maximum Gasteiger partial charge on any atom is 0.248 e. The van der Waals surface area contributed by atoms with Gasteiger partial charge in [-0.15, -0.1) is 20.4 Å². The molecule has 0 aliphatic carbocycles. The molecule has 0 bridgehead atoms. The van der Waals surface area contributed by atoms with Crippen molar-refractivity contribution in [3.63, 3.8) is 0 Å². The molecule has 0 radical (unpaired) electrons. The molecule has 156 valence electrons. The number of methoxy groups -OCH3 is 3. The van der Waals surface area contributed by atoms with Crippen molar-refractivity contribution >= 4 is 11.8 Å². The van der Waals surface area contributed by atoms with E-state index in [-0.39, 0.29) is 0 Å². The van der Waals surface area contributed by atoms with Crippen LogP contribution < -0.4 is 14.2 Å². The minimum absolute atomic E-state index is 0.346. The second kappa shape index (κ2) is 8.49. The first-order chi connectivity index (χ1) is 14.6. The van der Waals surface area contributed by atoms with Crippen molar-refractivity contribution in [2.75, 3.05) is 21.3 Å². The van der Waals surface area contributed by atoms with Crippen LogP contribution in [0.1, 0.15) is 5.89 Å². The molecular formula is C19H19N5O5S. The van der Waals surface area contributed by atoms with Gasteiger partial charge in [-0.3, -0.25) is 0 Å². The average Bonchev–Trinajstić information content (AvgIpc) is 3.52. The minimum Gasteiger partial charge on any atom is -0.493 e. The molecule has 3 heterocycles. The van der Waals surface area contributed by atoms with Crippen molar-refractivity contribution in [2.45, 2.75) is 10.9 Å². The monoisotopic (exact) mass is 429 g/mol. The number of rotatable bonds is 8. The highest BCUT2D eigenvalue weighted by Gasteiger charge is 2.18. The topological polar surface area (TPSA) is 110 Å². The summed E-state index contributed by atoms with van der Waals surface area (Å²) in [7, 11) is 6.52. The Bertz CT molecular complexity index is 1110. The number of nitrogens with zero attached hydrogens (tertiary/aromatic N) is 5. The summed E-state index contributed by atoms with van der Waals surface area (Å²) < 4.78 is 29.1. The van der Waals surface area contributed by atoms with Crippen LogP contribution in [0.3, 0.4) is 0 Å². The van der Waals surface area contributed by atoms with Crippen LogP contribution in [-0.4, -0.2) is 46.3 Å². The summed E-state index contributed by atoms with van der Waals surface area (Å²) in [6.45, 7) is 0. The highest BCUT2D eigenvalue weighted by molar-refractivity contribution is 7.98. The Kier molecular flexibility index (Phi) is 5.61. The van der Waals surface area contributed by atoms with E-state index >= 15 is 0 Å². The lowest BCUT2D eigenvalue weighted by molar-refractivity contribution is 0.324. The molecule has 0 spiro atoms. The van der Waals surface area contributed by atoms with Gasteiger partial charge in [0.1, 0.15) is 0 Å². The first-order valence-electron chi connectivity index (χ1n) is 8.83. The largest absolute Gasteiger partial charge is 0.493 e. The predicted molar refractivity (Wildman–Crippen MR) is 108 cm³/mol. The fraction of sp³-hybridized carbons (Fsp3) is 0.263. The molecule has 0 amide bonds. The van der Waals surface area contributed by atoms with E-state index in [0.29, 0.717) is 57.1 Å². The van der Waals surface area contributed by atoms with E-state index < -0.39 is 0 Å². The van der Waals surface area contributed by atoms with Crippen LogP contribution in [0.25, 0.3) is 23.0 Å². The van der Waals surface area contributed by atoms with E-state index in [1.165, 1.54) is 11.8 Å². The zero-order chi connectivity index (χ0) is 21.1. The number of benzene rings is 1. The van der Waals surface area contributed by atoms with Gasteiger partial charge in [0.15, 0.2) is 28.2 Å². The number of ether oxygens (including phenoxy) is 3. The molecule has 0 saturated carbocycles. The van der Waals surface area contributed by atoms with Gasteiger partial charge in [0.05, 0.1) is 33.3 Å². The number of furan rings is 1. The predicted octanol–water partition coefficient (Wildman–Crippen LogP) is 3.44. The molecule has 0 atom stereocenters. The number of hydrogen-bond acceptors (Lipinski definition) is 10. The molecule has 1 aromatic carbocycles. The maximum atomic E-state index is 5.81. The van der Waals surface area contributed by atoms with E-state index in [1.807, 2.05) is 17.7 Å². The standard InChI is InChI=1S/C19H19N5O5S/c1-24-17(12-6-5-7-28-12)21-23-19(24)30-10-15-20-22-18(29-15)11-8-13(25-2)16(27-4)14(9-11)26-3/h5-9H,10H2,1-4H3. The molecule has 4 rings (SSSR count). The summed E-state index contributed by atoms with van der Waals surface area (Å²) in [4.78, 5) is 0. The summed E-state index contributed by atoms with van der Waals surface area (Å²) >= 11 is 1.43. The van der Waals surface area contributed by atoms with Crippen molar-refractivity contribution in [2.24, 2.45) is 7.05 Å². The molecule has 0 fully saturated rings. The fourth-order valence-corrected chi connectivity index (χ4v) is 3.57. The van der Waals surface area contributed by atoms with Gasteiger partial charge in [0, 0.05) is 12.6 Å². The Hall–Kier alpha value is -3.47. The van der Waals surface area contributed by atoms with Crippen molar-refractivity contribution in [1.29, 1.82) is 0 Å². The van der Waals surface area contributed by atoms with Gasteiger partial charge in [0.25, 0.3) is 0 Å². The Morgan fingerprint density at radius 1 is 1.00 bits per heavy atom. The van der Waals surface area contributed by atoms with Gasteiger partial charge < -0.3 is 27.6 Å². The van der Waals surface area contributed by atoms with Gasteiger partial charge >= 0.3 is 0 Å². The SMILES string of the molecule is COc1cc(-c2nnc(CSc3nnc(-c4ccco4)n3C)o2)cc(OC)c1OC. The Morgan fingerprint density at radius 3 is 2.40 bits per heavy atom. The lowest BCUT2D eigenvalue weighted by Gasteiger charge is -2.12. The minimum atomic E-state index is 0.346. The molecule has 11 heteroatoms. The van der Waals surface area contributed by atoms with Gasteiger partial charge in [-0.05, 0) is 24.3 Å². The molecule has 30 heavy (non-hydrogen) atoms. The van der Waals surface area contributed by atoms with E-state index in [2.05, 4.69) is 20.4 Å². The van der Waals surface area contributed by atoms with Crippen molar-refractivity contribution in [3.8, 4) is 40.3 Å². The normalized spacial score (nSPS) is 10.9. The molecule has 3 aromatic heterocycles. The maximum absolute atomic E-state index is 5.81. The highest BCUT2D eigenvalue weighted by atomic mass is 32.2. The average molecular weight is 429 g/mol. The van der Waals surface area contributed by atoms with Gasteiger partial charge in [0.2, 0.25) is 17.5 Å². The molecule has 4 aromatic rings. The Labute approximate surface area is 176 Å². The van der Waals surface area contributed by atoms with Crippen LogP contribution in [0.5, 0.6) is 17.2 Å². The van der Waals surface area contributed by atoms with E-state index in [4.69, 9.17) is 23.0 Å².